The molecule has 1 saturated heterocycles. The van der Waals surface area contributed by atoms with Gasteiger partial charge in [0, 0.05) is 22.6 Å². The fraction of sp³-hybridized carbons (Fsp3) is 0.304. The molecule has 0 unspecified atom stereocenters. The average molecular weight is 535 g/mol. The molecule has 2 amide bonds. The minimum Gasteiger partial charge on any atom is -0.490 e. The van der Waals surface area contributed by atoms with E-state index in [9.17, 15) is 19.7 Å². The lowest BCUT2D eigenvalue weighted by Crippen LogP contribution is -2.36. The van der Waals surface area contributed by atoms with Crippen molar-refractivity contribution in [2.45, 2.75) is 39.8 Å². The van der Waals surface area contributed by atoms with Gasteiger partial charge in [-0.2, -0.15) is 0 Å². The number of rotatable bonds is 9. The van der Waals surface area contributed by atoms with Crippen LogP contribution in [0.5, 0.6) is 11.5 Å². The van der Waals surface area contributed by atoms with Gasteiger partial charge in [-0.1, -0.05) is 22.9 Å². The second-order valence-electron chi connectivity index (χ2n) is 7.27. The van der Waals surface area contributed by atoms with E-state index in [1.165, 1.54) is 17.0 Å². The van der Waals surface area contributed by atoms with E-state index in [1.807, 2.05) is 20.8 Å². The Morgan fingerprint density at radius 2 is 1.82 bits per heavy atom. The number of benzene rings is 2. The van der Waals surface area contributed by atoms with Gasteiger partial charge in [0.2, 0.25) is 0 Å². The number of carbonyl (C=O) groups is 2. The number of hydrogen-bond acceptors (Lipinski definition) is 7. The minimum absolute atomic E-state index is 0.0126. The third kappa shape index (κ3) is 5.75. The van der Waals surface area contributed by atoms with Crippen LogP contribution in [0.15, 0.2) is 45.8 Å². The molecule has 1 fully saturated rings. The maximum atomic E-state index is 12.7. The molecule has 0 N–H and O–H groups in total. The third-order valence-electron chi connectivity index (χ3n) is 5.05. The highest BCUT2D eigenvalue weighted by atomic mass is 79.9. The van der Waals surface area contributed by atoms with Gasteiger partial charge in [0.1, 0.15) is 6.61 Å². The number of amides is 2. The van der Waals surface area contributed by atoms with Crippen LogP contribution in [-0.2, 0) is 11.4 Å². The molecule has 1 atom stereocenters. The smallest absolute Gasteiger partial charge is 0.293 e. The highest BCUT2D eigenvalue weighted by Crippen LogP contribution is 2.39. The summed E-state index contributed by atoms with van der Waals surface area (Å²) < 4.78 is 12.3. The van der Waals surface area contributed by atoms with Gasteiger partial charge in [-0.25, -0.2) is 0 Å². The number of nitrogens with zero attached hydrogens (tertiary/aromatic N) is 2. The number of non-ortho nitro benzene ring substituents is 1. The van der Waals surface area contributed by atoms with E-state index in [2.05, 4.69) is 15.9 Å². The number of carbonyl (C=O) groups excluding carboxylic acids is 2. The van der Waals surface area contributed by atoms with Crippen molar-refractivity contribution < 1.29 is 24.0 Å². The van der Waals surface area contributed by atoms with Crippen LogP contribution in [0.25, 0.3) is 6.08 Å². The normalized spacial score (nSPS) is 15.8. The van der Waals surface area contributed by atoms with E-state index in [1.54, 1.807) is 30.3 Å². The molecule has 2 aromatic carbocycles. The Bertz CT molecular complexity index is 1100. The quantitative estimate of drug-likeness (QED) is 0.215. The van der Waals surface area contributed by atoms with Crippen molar-refractivity contribution in [3.63, 3.8) is 0 Å². The molecule has 0 aromatic heterocycles. The Hall–Kier alpha value is -2.85. The van der Waals surface area contributed by atoms with Crippen LogP contribution >= 0.6 is 27.7 Å². The Kier molecular flexibility index (Phi) is 8.15. The van der Waals surface area contributed by atoms with Crippen LogP contribution in [0.4, 0.5) is 10.5 Å². The first kappa shape index (κ1) is 24.8. The standard InChI is InChI=1S/C23H23BrN2O6S/c1-4-14(3)25-22(27)21(33-23(25)28)11-16-10-19(31-5-2)20(12-18(16)24)32-13-15-6-8-17(9-7-15)26(29)30/h6-12,14H,4-5,13H2,1-3H3/b21-11+/t14-/m0/s1. The van der Waals surface area contributed by atoms with Crippen molar-refractivity contribution in [2.24, 2.45) is 0 Å². The van der Waals surface area contributed by atoms with E-state index in [0.717, 1.165) is 17.3 Å². The van der Waals surface area contributed by atoms with Gasteiger partial charge in [-0.3, -0.25) is 24.6 Å². The van der Waals surface area contributed by atoms with Gasteiger partial charge >= 0.3 is 0 Å². The summed E-state index contributed by atoms with van der Waals surface area (Å²) in [7, 11) is 0. The molecule has 8 nitrogen and oxygen atoms in total. The number of nitro benzene ring substituents is 1. The van der Waals surface area contributed by atoms with E-state index < -0.39 is 4.92 Å². The molecule has 0 aliphatic carbocycles. The van der Waals surface area contributed by atoms with Crippen molar-refractivity contribution in [3.8, 4) is 11.5 Å². The molecule has 10 heteroatoms. The zero-order chi connectivity index (χ0) is 24.1. The summed E-state index contributed by atoms with van der Waals surface area (Å²) in [5.41, 5.74) is 1.45. The van der Waals surface area contributed by atoms with Gasteiger partial charge in [0.05, 0.1) is 16.4 Å². The van der Waals surface area contributed by atoms with Crippen molar-refractivity contribution in [3.05, 3.63) is 67.0 Å². The lowest BCUT2D eigenvalue weighted by Gasteiger charge is -2.19. The molecule has 0 bridgehead atoms. The molecular formula is C23H23BrN2O6S. The molecule has 0 saturated carbocycles. The monoisotopic (exact) mass is 534 g/mol. The van der Waals surface area contributed by atoms with Gasteiger partial charge in [-0.15, -0.1) is 0 Å². The summed E-state index contributed by atoms with van der Waals surface area (Å²) >= 11 is 4.43. The second kappa shape index (κ2) is 10.8. The van der Waals surface area contributed by atoms with Crippen LogP contribution in [0.3, 0.4) is 0 Å². The molecule has 1 aliphatic heterocycles. The van der Waals surface area contributed by atoms with Crippen molar-refractivity contribution >= 4 is 50.6 Å². The Morgan fingerprint density at radius 1 is 1.15 bits per heavy atom. The number of hydrogen-bond donors (Lipinski definition) is 0. The molecule has 174 valence electrons. The molecule has 0 spiro atoms. The summed E-state index contributed by atoms with van der Waals surface area (Å²) in [6.07, 6.45) is 2.35. The van der Waals surface area contributed by atoms with Gasteiger partial charge in [0.15, 0.2) is 11.5 Å². The maximum absolute atomic E-state index is 12.7. The van der Waals surface area contributed by atoms with Crippen LogP contribution < -0.4 is 9.47 Å². The predicted molar refractivity (Wildman–Crippen MR) is 130 cm³/mol. The minimum atomic E-state index is -0.453. The third-order valence-corrected chi connectivity index (χ3v) is 6.62. The van der Waals surface area contributed by atoms with Crippen molar-refractivity contribution in [1.82, 2.24) is 4.90 Å². The topological polar surface area (TPSA) is 99.0 Å². The molecule has 2 aromatic rings. The van der Waals surface area contributed by atoms with Crippen LogP contribution in [-0.4, -0.2) is 33.6 Å². The first-order valence-corrected chi connectivity index (χ1v) is 12.0. The number of thioether (sulfide) groups is 1. The Morgan fingerprint density at radius 3 is 2.42 bits per heavy atom. The summed E-state index contributed by atoms with van der Waals surface area (Å²) in [6, 6.07) is 9.43. The lowest BCUT2D eigenvalue weighted by molar-refractivity contribution is -0.384. The first-order chi connectivity index (χ1) is 15.7. The van der Waals surface area contributed by atoms with Gasteiger partial charge in [-0.05, 0) is 73.5 Å². The van der Waals surface area contributed by atoms with E-state index in [-0.39, 0.29) is 29.5 Å². The largest absolute Gasteiger partial charge is 0.490 e. The van der Waals surface area contributed by atoms with E-state index in [0.29, 0.717) is 39.5 Å². The fourth-order valence-corrected chi connectivity index (χ4v) is 4.46. The molecule has 0 radical (unpaired) electrons. The second-order valence-corrected chi connectivity index (χ2v) is 9.12. The summed E-state index contributed by atoms with van der Waals surface area (Å²) in [5.74, 6) is 0.657. The zero-order valence-electron chi connectivity index (χ0n) is 18.4. The average Bonchev–Trinajstić information content (AvgIpc) is 3.07. The fourth-order valence-electron chi connectivity index (χ4n) is 3.10. The highest BCUT2D eigenvalue weighted by Gasteiger charge is 2.37. The van der Waals surface area contributed by atoms with Crippen LogP contribution in [0.1, 0.15) is 38.3 Å². The number of imide groups is 1. The molecular weight excluding hydrogens is 512 g/mol. The van der Waals surface area contributed by atoms with Crippen molar-refractivity contribution in [2.75, 3.05) is 6.61 Å². The van der Waals surface area contributed by atoms with Crippen LogP contribution in [0, 0.1) is 10.1 Å². The molecule has 3 rings (SSSR count). The Labute approximate surface area is 204 Å². The number of nitro groups is 1. The zero-order valence-corrected chi connectivity index (χ0v) is 20.8. The van der Waals surface area contributed by atoms with E-state index in [4.69, 9.17) is 9.47 Å². The first-order valence-electron chi connectivity index (χ1n) is 10.3. The summed E-state index contributed by atoms with van der Waals surface area (Å²) in [4.78, 5) is 37.0. The van der Waals surface area contributed by atoms with E-state index >= 15 is 0 Å². The summed E-state index contributed by atoms with van der Waals surface area (Å²) in [5, 5.41) is 10.5. The predicted octanol–water partition coefficient (Wildman–Crippen LogP) is 6.17. The summed E-state index contributed by atoms with van der Waals surface area (Å²) in [6.45, 7) is 6.22. The van der Waals surface area contributed by atoms with Crippen LogP contribution in [0.2, 0.25) is 0 Å². The lowest BCUT2D eigenvalue weighted by atomic mass is 10.1. The molecule has 1 aliphatic rings. The van der Waals surface area contributed by atoms with Gasteiger partial charge < -0.3 is 9.47 Å². The number of halogens is 1. The molecule has 1 heterocycles. The van der Waals surface area contributed by atoms with Crippen molar-refractivity contribution in [1.29, 1.82) is 0 Å². The number of ether oxygens (including phenoxy) is 2. The van der Waals surface area contributed by atoms with Gasteiger partial charge in [0.25, 0.3) is 16.8 Å². The molecule has 33 heavy (non-hydrogen) atoms. The maximum Gasteiger partial charge on any atom is 0.293 e. The highest BCUT2D eigenvalue weighted by molar-refractivity contribution is 9.10. The SMILES string of the molecule is CCOc1cc(/C=C2/SC(=O)N([C@@H](C)CC)C2=O)c(Br)cc1OCc1ccc([N+](=O)[O-])cc1. The Balaban J connectivity index is 1.84.